The number of aryl methyl sites for hydroxylation is 2. The highest BCUT2D eigenvalue weighted by Crippen LogP contribution is 2.21. The van der Waals surface area contributed by atoms with Gasteiger partial charge >= 0.3 is 0 Å². The third-order valence-electron chi connectivity index (χ3n) is 3.14. The summed E-state index contributed by atoms with van der Waals surface area (Å²) in [4.78, 5) is 0. The van der Waals surface area contributed by atoms with E-state index in [0.717, 1.165) is 16.7 Å². The average molecular weight is 259 g/mol. The minimum Gasteiger partial charge on any atom is -0.491 e. The number of hydrogen-bond donors (Lipinski definition) is 1. The van der Waals surface area contributed by atoms with Gasteiger partial charge < -0.3 is 10.5 Å². The Morgan fingerprint density at radius 1 is 1.11 bits per heavy atom. The minimum absolute atomic E-state index is 0.189. The van der Waals surface area contributed by atoms with Gasteiger partial charge in [-0.05, 0) is 48.7 Å². The van der Waals surface area contributed by atoms with Crippen LogP contribution in [-0.2, 0) is 0 Å². The van der Waals surface area contributed by atoms with Gasteiger partial charge in [0, 0.05) is 0 Å². The maximum absolute atomic E-state index is 13.0. The first-order chi connectivity index (χ1) is 9.08. The average Bonchev–Trinajstić information content (AvgIpc) is 2.38. The molecule has 0 aliphatic heterocycles. The summed E-state index contributed by atoms with van der Waals surface area (Å²) in [5, 5.41) is 0. The largest absolute Gasteiger partial charge is 0.491 e. The highest BCUT2D eigenvalue weighted by molar-refractivity contribution is 5.33. The van der Waals surface area contributed by atoms with Crippen LogP contribution in [0, 0.1) is 19.7 Å². The summed E-state index contributed by atoms with van der Waals surface area (Å²) >= 11 is 0. The molecule has 0 aromatic heterocycles. The molecular formula is C16H18FNO. The van der Waals surface area contributed by atoms with Gasteiger partial charge in [0.2, 0.25) is 0 Å². The van der Waals surface area contributed by atoms with Crippen LogP contribution in [0.5, 0.6) is 5.75 Å². The molecule has 1 unspecified atom stereocenters. The van der Waals surface area contributed by atoms with Gasteiger partial charge in [0.05, 0.1) is 6.04 Å². The molecule has 100 valence electrons. The molecular weight excluding hydrogens is 241 g/mol. The van der Waals surface area contributed by atoms with Crippen molar-refractivity contribution in [2.75, 3.05) is 6.61 Å². The monoisotopic (exact) mass is 259 g/mol. The van der Waals surface area contributed by atoms with Crippen molar-refractivity contribution in [3.05, 3.63) is 65.0 Å². The molecule has 0 heterocycles. The van der Waals surface area contributed by atoms with Crippen molar-refractivity contribution in [1.82, 2.24) is 0 Å². The van der Waals surface area contributed by atoms with Gasteiger partial charge in [-0.25, -0.2) is 4.39 Å². The number of benzene rings is 2. The van der Waals surface area contributed by atoms with Gasteiger partial charge in [-0.2, -0.15) is 0 Å². The van der Waals surface area contributed by atoms with Gasteiger partial charge in [-0.1, -0.05) is 24.3 Å². The second-order valence-electron chi connectivity index (χ2n) is 4.68. The van der Waals surface area contributed by atoms with Crippen LogP contribution in [0.4, 0.5) is 4.39 Å². The molecule has 1 atom stereocenters. The molecule has 2 aromatic rings. The quantitative estimate of drug-likeness (QED) is 0.911. The highest BCUT2D eigenvalue weighted by atomic mass is 19.1. The van der Waals surface area contributed by atoms with E-state index < -0.39 is 0 Å². The van der Waals surface area contributed by atoms with Crippen LogP contribution in [0.3, 0.4) is 0 Å². The van der Waals surface area contributed by atoms with Crippen LogP contribution < -0.4 is 10.5 Å². The fourth-order valence-electron chi connectivity index (χ4n) is 2.05. The summed E-state index contributed by atoms with van der Waals surface area (Å²) in [6.07, 6.45) is 0. The number of rotatable bonds is 4. The second-order valence-corrected chi connectivity index (χ2v) is 4.68. The first kappa shape index (κ1) is 13.6. The standard InChI is InChI=1S/C16H18FNO/c1-11-5-3-4-6-14(11)15(18)10-19-16-8-7-13(17)9-12(16)2/h3-9,15H,10,18H2,1-2H3. The zero-order valence-electron chi connectivity index (χ0n) is 11.2. The zero-order chi connectivity index (χ0) is 13.8. The molecule has 0 fully saturated rings. The van der Waals surface area contributed by atoms with Gasteiger partial charge in [-0.15, -0.1) is 0 Å². The second kappa shape index (κ2) is 5.85. The molecule has 2 N–H and O–H groups in total. The fourth-order valence-corrected chi connectivity index (χ4v) is 2.05. The Morgan fingerprint density at radius 2 is 1.84 bits per heavy atom. The van der Waals surface area contributed by atoms with E-state index in [0.29, 0.717) is 12.4 Å². The van der Waals surface area contributed by atoms with Crippen molar-refractivity contribution in [2.45, 2.75) is 19.9 Å². The molecule has 0 saturated carbocycles. The Balaban J connectivity index is 2.04. The van der Waals surface area contributed by atoms with Crippen molar-refractivity contribution >= 4 is 0 Å². The molecule has 19 heavy (non-hydrogen) atoms. The van der Waals surface area contributed by atoms with Crippen molar-refractivity contribution in [2.24, 2.45) is 5.73 Å². The van der Waals surface area contributed by atoms with E-state index in [2.05, 4.69) is 0 Å². The summed E-state index contributed by atoms with van der Waals surface area (Å²) in [6.45, 7) is 4.22. The van der Waals surface area contributed by atoms with Gasteiger partial charge in [0.25, 0.3) is 0 Å². The van der Waals surface area contributed by atoms with Crippen LogP contribution in [0.2, 0.25) is 0 Å². The fraction of sp³-hybridized carbons (Fsp3) is 0.250. The lowest BCUT2D eigenvalue weighted by Gasteiger charge is -2.16. The van der Waals surface area contributed by atoms with Gasteiger partial charge in [0.1, 0.15) is 18.2 Å². The first-order valence-corrected chi connectivity index (χ1v) is 6.28. The van der Waals surface area contributed by atoms with Crippen molar-refractivity contribution in [3.63, 3.8) is 0 Å². The lowest BCUT2D eigenvalue weighted by molar-refractivity contribution is 0.288. The number of halogens is 1. The SMILES string of the molecule is Cc1cc(F)ccc1OCC(N)c1ccccc1C. The molecule has 2 nitrogen and oxygen atoms in total. The van der Waals surface area contributed by atoms with E-state index >= 15 is 0 Å². The molecule has 0 spiro atoms. The third-order valence-corrected chi connectivity index (χ3v) is 3.14. The lowest BCUT2D eigenvalue weighted by Crippen LogP contribution is -2.20. The van der Waals surface area contributed by atoms with E-state index in [1.807, 2.05) is 38.1 Å². The summed E-state index contributed by atoms with van der Waals surface area (Å²) in [5.74, 6) is 0.415. The molecule has 0 aliphatic rings. The predicted molar refractivity (Wildman–Crippen MR) is 74.7 cm³/mol. The summed E-state index contributed by atoms with van der Waals surface area (Å²) in [6, 6.07) is 12.3. The van der Waals surface area contributed by atoms with E-state index in [1.54, 1.807) is 6.07 Å². The van der Waals surface area contributed by atoms with Crippen LogP contribution in [0.25, 0.3) is 0 Å². The Labute approximate surface area is 113 Å². The van der Waals surface area contributed by atoms with E-state index in [1.165, 1.54) is 12.1 Å². The lowest BCUT2D eigenvalue weighted by atomic mass is 10.0. The van der Waals surface area contributed by atoms with Crippen LogP contribution in [0.15, 0.2) is 42.5 Å². The smallest absolute Gasteiger partial charge is 0.123 e. The summed E-state index contributed by atoms with van der Waals surface area (Å²) in [5.41, 5.74) is 9.12. The highest BCUT2D eigenvalue weighted by Gasteiger charge is 2.10. The maximum atomic E-state index is 13.0. The first-order valence-electron chi connectivity index (χ1n) is 6.28. The number of nitrogens with two attached hydrogens (primary N) is 1. The Bertz CT molecular complexity index is 568. The molecule has 2 rings (SSSR count). The summed E-state index contributed by atoms with van der Waals surface area (Å²) in [7, 11) is 0. The third kappa shape index (κ3) is 3.32. The summed E-state index contributed by atoms with van der Waals surface area (Å²) < 4.78 is 18.7. The van der Waals surface area contributed by atoms with Crippen LogP contribution >= 0.6 is 0 Å². The van der Waals surface area contributed by atoms with E-state index in [9.17, 15) is 4.39 Å². The molecule has 0 saturated heterocycles. The molecule has 2 aromatic carbocycles. The van der Waals surface area contributed by atoms with Gasteiger partial charge in [0.15, 0.2) is 0 Å². The molecule has 0 radical (unpaired) electrons. The predicted octanol–water partition coefficient (Wildman–Crippen LogP) is 3.52. The van der Waals surface area contributed by atoms with Crippen molar-refractivity contribution in [1.29, 1.82) is 0 Å². The van der Waals surface area contributed by atoms with E-state index in [-0.39, 0.29) is 11.9 Å². The molecule has 0 aliphatic carbocycles. The number of ether oxygens (including phenoxy) is 1. The number of hydrogen-bond acceptors (Lipinski definition) is 2. The Hall–Kier alpha value is -1.87. The minimum atomic E-state index is -0.256. The topological polar surface area (TPSA) is 35.2 Å². The zero-order valence-corrected chi connectivity index (χ0v) is 11.2. The molecule has 3 heteroatoms. The van der Waals surface area contributed by atoms with Crippen molar-refractivity contribution < 1.29 is 9.13 Å². The van der Waals surface area contributed by atoms with Crippen LogP contribution in [-0.4, -0.2) is 6.61 Å². The van der Waals surface area contributed by atoms with Gasteiger partial charge in [-0.3, -0.25) is 0 Å². The molecule has 0 amide bonds. The maximum Gasteiger partial charge on any atom is 0.123 e. The normalized spacial score (nSPS) is 12.2. The van der Waals surface area contributed by atoms with Crippen LogP contribution in [0.1, 0.15) is 22.7 Å². The Kier molecular flexibility index (Phi) is 4.17. The molecule has 0 bridgehead atoms. The Morgan fingerprint density at radius 3 is 2.53 bits per heavy atom. The van der Waals surface area contributed by atoms with Crippen molar-refractivity contribution in [3.8, 4) is 5.75 Å². The van der Waals surface area contributed by atoms with E-state index in [4.69, 9.17) is 10.5 Å².